The van der Waals surface area contributed by atoms with Crippen LogP contribution < -0.4 is 5.32 Å². The molecule has 5 nitrogen and oxygen atoms in total. The summed E-state index contributed by atoms with van der Waals surface area (Å²) in [6.45, 7) is 3.23. The summed E-state index contributed by atoms with van der Waals surface area (Å²) < 4.78 is 5.52. The van der Waals surface area contributed by atoms with Crippen molar-refractivity contribution < 1.29 is 9.84 Å². The summed E-state index contributed by atoms with van der Waals surface area (Å²) in [7, 11) is 0. The largest absolute Gasteiger partial charge is 0.396 e. The van der Waals surface area contributed by atoms with Crippen LogP contribution in [-0.4, -0.2) is 41.7 Å². The standard InChI is InChI=1S/C17H22ClN3O2/c18-15-3-1-2-13(8-15)16-14(10-20-21-16)9-19-11-17(4-6-22)5-7-23-12-17/h1-3,8,10,19,22H,4-7,9,11-12H2,(H,20,21). The smallest absolute Gasteiger partial charge is 0.0695 e. The van der Waals surface area contributed by atoms with Gasteiger partial charge in [0.15, 0.2) is 0 Å². The molecule has 6 heteroatoms. The lowest BCUT2D eigenvalue weighted by Gasteiger charge is -2.26. The molecule has 1 fully saturated rings. The third kappa shape index (κ3) is 3.93. The fourth-order valence-corrected chi connectivity index (χ4v) is 3.30. The summed E-state index contributed by atoms with van der Waals surface area (Å²) in [6.07, 6.45) is 3.60. The number of aliphatic hydroxyl groups excluding tert-OH is 1. The number of hydrogen-bond acceptors (Lipinski definition) is 4. The van der Waals surface area contributed by atoms with Crippen molar-refractivity contribution in [2.75, 3.05) is 26.4 Å². The Morgan fingerprint density at radius 1 is 1.43 bits per heavy atom. The Hall–Kier alpha value is -1.40. The summed E-state index contributed by atoms with van der Waals surface area (Å²) >= 11 is 6.07. The van der Waals surface area contributed by atoms with Gasteiger partial charge in [-0.3, -0.25) is 5.10 Å². The Labute approximate surface area is 141 Å². The van der Waals surface area contributed by atoms with Gasteiger partial charge in [-0.1, -0.05) is 23.7 Å². The van der Waals surface area contributed by atoms with E-state index in [2.05, 4.69) is 15.5 Å². The summed E-state index contributed by atoms with van der Waals surface area (Å²) in [5.41, 5.74) is 3.17. The first kappa shape index (κ1) is 16.5. The maximum atomic E-state index is 9.28. The number of nitrogens with zero attached hydrogens (tertiary/aromatic N) is 1. The van der Waals surface area contributed by atoms with Crippen LogP contribution in [0, 0.1) is 5.41 Å². The average molecular weight is 336 g/mol. The van der Waals surface area contributed by atoms with Crippen LogP contribution in [0.1, 0.15) is 18.4 Å². The lowest BCUT2D eigenvalue weighted by atomic mass is 9.84. The molecular weight excluding hydrogens is 314 g/mol. The van der Waals surface area contributed by atoms with E-state index in [9.17, 15) is 5.11 Å². The molecule has 124 valence electrons. The van der Waals surface area contributed by atoms with Crippen molar-refractivity contribution in [1.29, 1.82) is 0 Å². The molecule has 1 unspecified atom stereocenters. The Bertz CT molecular complexity index is 638. The third-order valence-corrected chi connectivity index (χ3v) is 4.71. The quantitative estimate of drug-likeness (QED) is 0.727. The molecule has 0 bridgehead atoms. The van der Waals surface area contributed by atoms with Gasteiger partial charge in [0.2, 0.25) is 0 Å². The molecule has 3 N–H and O–H groups in total. The van der Waals surface area contributed by atoms with Gasteiger partial charge < -0.3 is 15.2 Å². The molecule has 1 aliphatic rings. The van der Waals surface area contributed by atoms with Gasteiger partial charge in [-0.15, -0.1) is 0 Å². The predicted octanol–water partition coefficient (Wildman–Crippen LogP) is 2.61. The van der Waals surface area contributed by atoms with Crippen LogP contribution in [0.15, 0.2) is 30.5 Å². The first-order valence-corrected chi connectivity index (χ1v) is 8.28. The van der Waals surface area contributed by atoms with Gasteiger partial charge >= 0.3 is 0 Å². The van der Waals surface area contributed by atoms with Crippen LogP contribution in [0.3, 0.4) is 0 Å². The molecule has 1 atom stereocenters. The van der Waals surface area contributed by atoms with Gasteiger partial charge in [0.25, 0.3) is 0 Å². The van der Waals surface area contributed by atoms with Gasteiger partial charge in [-0.2, -0.15) is 5.10 Å². The first-order chi connectivity index (χ1) is 11.2. The van der Waals surface area contributed by atoms with E-state index in [1.165, 1.54) is 0 Å². The molecule has 0 spiro atoms. The van der Waals surface area contributed by atoms with Crippen LogP contribution in [-0.2, 0) is 11.3 Å². The number of aromatic amines is 1. The van der Waals surface area contributed by atoms with E-state index in [0.717, 1.165) is 42.8 Å². The van der Waals surface area contributed by atoms with Gasteiger partial charge in [0, 0.05) is 47.9 Å². The number of ether oxygens (including phenoxy) is 1. The number of aliphatic hydroxyl groups is 1. The zero-order valence-corrected chi connectivity index (χ0v) is 13.8. The minimum absolute atomic E-state index is 0.0503. The molecule has 2 aromatic rings. The Kier molecular flexibility index (Phi) is 5.33. The molecule has 3 rings (SSSR count). The number of hydrogen-bond donors (Lipinski definition) is 3. The highest BCUT2D eigenvalue weighted by atomic mass is 35.5. The molecule has 1 aromatic carbocycles. The molecular formula is C17H22ClN3O2. The Morgan fingerprint density at radius 2 is 2.35 bits per heavy atom. The molecule has 0 radical (unpaired) electrons. The van der Waals surface area contributed by atoms with E-state index in [1.54, 1.807) is 0 Å². The summed E-state index contributed by atoms with van der Waals surface area (Å²) in [5, 5.41) is 20.7. The van der Waals surface area contributed by atoms with Crippen molar-refractivity contribution in [1.82, 2.24) is 15.5 Å². The maximum absolute atomic E-state index is 9.28. The maximum Gasteiger partial charge on any atom is 0.0695 e. The van der Waals surface area contributed by atoms with Crippen molar-refractivity contribution in [3.63, 3.8) is 0 Å². The zero-order chi connectivity index (χ0) is 16.1. The second kappa shape index (κ2) is 7.45. The van der Waals surface area contributed by atoms with E-state index >= 15 is 0 Å². The van der Waals surface area contributed by atoms with Crippen molar-refractivity contribution in [2.24, 2.45) is 5.41 Å². The molecule has 2 heterocycles. The summed E-state index contributed by atoms with van der Waals surface area (Å²) in [4.78, 5) is 0. The lowest BCUT2D eigenvalue weighted by Crippen LogP contribution is -2.35. The minimum atomic E-state index is 0.0503. The van der Waals surface area contributed by atoms with Crippen molar-refractivity contribution in [2.45, 2.75) is 19.4 Å². The zero-order valence-electron chi connectivity index (χ0n) is 13.0. The number of H-pyrrole nitrogens is 1. The number of aromatic nitrogens is 2. The third-order valence-electron chi connectivity index (χ3n) is 4.47. The van der Waals surface area contributed by atoms with Crippen LogP contribution >= 0.6 is 11.6 Å². The fourth-order valence-electron chi connectivity index (χ4n) is 3.11. The van der Waals surface area contributed by atoms with Gasteiger partial charge in [0.1, 0.15) is 0 Å². The molecule has 1 saturated heterocycles. The van der Waals surface area contributed by atoms with Gasteiger partial charge in [-0.05, 0) is 25.0 Å². The second-order valence-electron chi connectivity index (χ2n) is 6.16. The van der Waals surface area contributed by atoms with E-state index in [4.69, 9.17) is 16.3 Å². The highest BCUT2D eigenvalue weighted by Crippen LogP contribution is 2.31. The monoisotopic (exact) mass is 335 g/mol. The topological polar surface area (TPSA) is 70.2 Å². The lowest BCUT2D eigenvalue weighted by molar-refractivity contribution is 0.124. The summed E-state index contributed by atoms with van der Waals surface area (Å²) in [5.74, 6) is 0. The van der Waals surface area contributed by atoms with Crippen LogP contribution in [0.2, 0.25) is 5.02 Å². The number of halogens is 1. The predicted molar refractivity (Wildman–Crippen MR) is 90.3 cm³/mol. The average Bonchev–Trinajstić information content (AvgIpc) is 3.18. The normalized spacial score (nSPS) is 21.0. The van der Waals surface area contributed by atoms with Crippen LogP contribution in [0.4, 0.5) is 0 Å². The van der Waals surface area contributed by atoms with E-state index < -0.39 is 0 Å². The molecule has 1 aromatic heterocycles. The Morgan fingerprint density at radius 3 is 3.09 bits per heavy atom. The number of benzene rings is 1. The molecule has 0 amide bonds. The minimum Gasteiger partial charge on any atom is -0.396 e. The SMILES string of the molecule is OCCC1(CNCc2cn[nH]c2-c2cccc(Cl)c2)CCOC1. The van der Waals surface area contributed by atoms with Gasteiger partial charge in [-0.25, -0.2) is 0 Å². The molecule has 0 saturated carbocycles. The first-order valence-electron chi connectivity index (χ1n) is 7.90. The highest BCUT2D eigenvalue weighted by molar-refractivity contribution is 6.30. The van der Waals surface area contributed by atoms with Crippen LogP contribution in [0.25, 0.3) is 11.3 Å². The second-order valence-corrected chi connectivity index (χ2v) is 6.60. The summed E-state index contributed by atoms with van der Waals surface area (Å²) in [6, 6.07) is 7.73. The number of rotatable bonds is 7. The highest BCUT2D eigenvalue weighted by Gasteiger charge is 2.33. The van der Waals surface area contributed by atoms with Crippen molar-refractivity contribution in [3.05, 3.63) is 41.0 Å². The Balaban J connectivity index is 1.64. The van der Waals surface area contributed by atoms with E-state index in [-0.39, 0.29) is 12.0 Å². The van der Waals surface area contributed by atoms with Crippen molar-refractivity contribution >= 4 is 11.6 Å². The van der Waals surface area contributed by atoms with Gasteiger partial charge in [0.05, 0.1) is 18.5 Å². The fraction of sp³-hybridized carbons (Fsp3) is 0.471. The molecule has 1 aliphatic heterocycles. The van der Waals surface area contributed by atoms with Crippen molar-refractivity contribution in [3.8, 4) is 11.3 Å². The number of nitrogens with one attached hydrogen (secondary N) is 2. The van der Waals surface area contributed by atoms with E-state index in [1.807, 2.05) is 30.5 Å². The molecule has 23 heavy (non-hydrogen) atoms. The van der Waals surface area contributed by atoms with Crippen LogP contribution in [0.5, 0.6) is 0 Å². The van der Waals surface area contributed by atoms with E-state index in [0.29, 0.717) is 18.2 Å². The molecule has 0 aliphatic carbocycles.